The van der Waals surface area contributed by atoms with Gasteiger partial charge in [-0.25, -0.2) is 0 Å². The molecule has 0 radical (unpaired) electrons. The van der Waals surface area contributed by atoms with E-state index in [9.17, 15) is 24.5 Å². The van der Waals surface area contributed by atoms with Crippen LogP contribution in [-0.4, -0.2) is 27.9 Å². The molecule has 0 aromatic heterocycles. The Morgan fingerprint density at radius 2 is 1.55 bits per heavy atom. The van der Waals surface area contributed by atoms with Crippen molar-refractivity contribution in [1.29, 1.82) is 0 Å². The van der Waals surface area contributed by atoms with Crippen LogP contribution in [0.4, 0.5) is 17.1 Å². The molecular weight excluding hydrogens is 620 g/mol. The minimum Gasteiger partial charge on any atom is -0.325 e. The number of hydrogen-bond donors (Lipinski definition) is 3. The number of non-ortho nitro benzene ring substituents is 1. The SMILES string of the molecule is CC(Sc1cccc(NC(=O)/C(=C/c2ccc(Br)cc2)NC(=O)c2ccccc2)c1)C(=O)Nc1ccc([N+](=O)[O-])cc1. The summed E-state index contributed by atoms with van der Waals surface area (Å²) in [6, 6.07) is 28.5. The first kappa shape index (κ1) is 30.2. The van der Waals surface area contributed by atoms with E-state index in [1.54, 1.807) is 61.5 Å². The lowest BCUT2D eigenvalue weighted by Gasteiger charge is -2.14. The molecule has 0 spiro atoms. The van der Waals surface area contributed by atoms with Crippen LogP contribution in [0.1, 0.15) is 22.8 Å². The molecule has 212 valence electrons. The summed E-state index contributed by atoms with van der Waals surface area (Å²) in [5, 5.41) is 18.6. The predicted octanol–water partition coefficient (Wildman–Crippen LogP) is 6.89. The van der Waals surface area contributed by atoms with Crippen LogP contribution in [0.3, 0.4) is 0 Å². The number of rotatable bonds is 10. The Bertz CT molecular complexity index is 1630. The van der Waals surface area contributed by atoms with Gasteiger partial charge in [0.25, 0.3) is 17.5 Å². The Kier molecular flexibility index (Phi) is 10.2. The minimum atomic E-state index is -0.520. The topological polar surface area (TPSA) is 130 Å². The van der Waals surface area contributed by atoms with Crippen LogP contribution in [0.2, 0.25) is 0 Å². The van der Waals surface area contributed by atoms with Crippen molar-refractivity contribution in [2.75, 3.05) is 10.6 Å². The number of carbonyl (C=O) groups is 3. The molecule has 4 aromatic rings. The van der Waals surface area contributed by atoms with E-state index in [1.807, 2.05) is 30.3 Å². The Balaban J connectivity index is 1.45. The Morgan fingerprint density at radius 3 is 2.21 bits per heavy atom. The summed E-state index contributed by atoms with van der Waals surface area (Å²) in [6.07, 6.45) is 1.59. The molecule has 3 amide bonds. The van der Waals surface area contributed by atoms with Gasteiger partial charge in [-0.3, -0.25) is 24.5 Å². The second-order valence-electron chi connectivity index (χ2n) is 8.96. The van der Waals surface area contributed by atoms with E-state index in [-0.39, 0.29) is 17.3 Å². The van der Waals surface area contributed by atoms with Crippen LogP contribution in [0.5, 0.6) is 0 Å². The fraction of sp³-hybridized carbons (Fsp3) is 0.0645. The number of anilines is 2. The van der Waals surface area contributed by atoms with Crippen molar-refractivity contribution in [1.82, 2.24) is 5.32 Å². The number of amides is 3. The van der Waals surface area contributed by atoms with E-state index in [0.29, 0.717) is 22.5 Å². The molecule has 4 rings (SSSR count). The number of halogens is 1. The third-order valence-corrected chi connectivity index (χ3v) is 7.45. The molecule has 1 unspecified atom stereocenters. The van der Waals surface area contributed by atoms with Gasteiger partial charge in [-0.15, -0.1) is 11.8 Å². The highest BCUT2D eigenvalue weighted by atomic mass is 79.9. The van der Waals surface area contributed by atoms with Gasteiger partial charge in [0.2, 0.25) is 5.91 Å². The maximum Gasteiger partial charge on any atom is 0.272 e. The average molecular weight is 646 g/mol. The van der Waals surface area contributed by atoms with Crippen LogP contribution in [0.15, 0.2) is 118 Å². The first-order valence-corrected chi connectivity index (χ1v) is 14.3. The molecule has 0 saturated heterocycles. The molecular formula is C31H25BrN4O5S. The van der Waals surface area contributed by atoms with Crippen molar-refractivity contribution >= 4 is 68.6 Å². The largest absolute Gasteiger partial charge is 0.325 e. The normalized spacial score (nSPS) is 11.7. The van der Waals surface area contributed by atoms with Crippen molar-refractivity contribution in [2.24, 2.45) is 0 Å². The van der Waals surface area contributed by atoms with Gasteiger partial charge in [-0.2, -0.15) is 0 Å². The molecule has 42 heavy (non-hydrogen) atoms. The summed E-state index contributed by atoms with van der Waals surface area (Å²) in [5.41, 5.74) is 2.04. The lowest BCUT2D eigenvalue weighted by molar-refractivity contribution is -0.384. The van der Waals surface area contributed by atoms with Crippen molar-refractivity contribution in [3.8, 4) is 0 Å². The highest BCUT2D eigenvalue weighted by Gasteiger charge is 2.18. The molecule has 0 aliphatic carbocycles. The Labute approximate surface area is 254 Å². The van der Waals surface area contributed by atoms with E-state index < -0.39 is 22.0 Å². The van der Waals surface area contributed by atoms with E-state index >= 15 is 0 Å². The van der Waals surface area contributed by atoms with Crippen molar-refractivity contribution in [3.63, 3.8) is 0 Å². The van der Waals surface area contributed by atoms with Crippen molar-refractivity contribution in [3.05, 3.63) is 135 Å². The molecule has 1 atom stereocenters. The number of nitro groups is 1. The monoisotopic (exact) mass is 644 g/mol. The van der Waals surface area contributed by atoms with Gasteiger partial charge in [-0.05, 0) is 73.2 Å². The summed E-state index contributed by atoms with van der Waals surface area (Å²) in [4.78, 5) is 50.0. The standard InChI is InChI=1S/C31H25BrN4O5S/c1-20(29(37)33-24-14-16-26(17-15-24)36(40)41)42-27-9-5-8-25(19-27)34-31(39)28(18-21-10-12-23(32)13-11-21)35-30(38)22-6-3-2-4-7-22/h2-20H,1H3,(H,33,37)(H,34,39)(H,35,38)/b28-18-. The van der Waals surface area contributed by atoms with Crippen molar-refractivity contribution < 1.29 is 19.3 Å². The molecule has 3 N–H and O–H groups in total. The maximum atomic E-state index is 13.3. The molecule has 4 aromatic carbocycles. The second-order valence-corrected chi connectivity index (χ2v) is 11.3. The van der Waals surface area contributed by atoms with Crippen LogP contribution < -0.4 is 16.0 Å². The summed E-state index contributed by atoms with van der Waals surface area (Å²) >= 11 is 4.67. The summed E-state index contributed by atoms with van der Waals surface area (Å²) in [6.45, 7) is 1.73. The molecule has 0 bridgehead atoms. The second kappa shape index (κ2) is 14.2. The number of benzene rings is 4. The Morgan fingerprint density at radius 1 is 0.857 bits per heavy atom. The lowest BCUT2D eigenvalue weighted by atomic mass is 10.1. The van der Waals surface area contributed by atoms with Crippen LogP contribution in [-0.2, 0) is 9.59 Å². The van der Waals surface area contributed by atoms with Gasteiger partial charge in [0.15, 0.2) is 0 Å². The molecule has 9 nitrogen and oxygen atoms in total. The van der Waals surface area contributed by atoms with E-state index in [2.05, 4.69) is 31.9 Å². The van der Waals surface area contributed by atoms with Gasteiger partial charge < -0.3 is 16.0 Å². The van der Waals surface area contributed by atoms with E-state index in [4.69, 9.17) is 0 Å². The van der Waals surface area contributed by atoms with E-state index in [0.717, 1.165) is 9.37 Å². The maximum absolute atomic E-state index is 13.3. The first-order chi connectivity index (χ1) is 20.2. The smallest absolute Gasteiger partial charge is 0.272 e. The number of carbonyl (C=O) groups excluding carboxylic acids is 3. The number of nitrogens with one attached hydrogen (secondary N) is 3. The minimum absolute atomic E-state index is 0.0556. The fourth-order valence-electron chi connectivity index (χ4n) is 3.68. The zero-order valence-corrected chi connectivity index (χ0v) is 24.6. The lowest BCUT2D eigenvalue weighted by Crippen LogP contribution is -2.30. The highest BCUT2D eigenvalue weighted by molar-refractivity contribution is 9.10. The number of nitro benzene ring substituents is 1. The quantitative estimate of drug-likeness (QED) is 0.0746. The van der Waals surface area contributed by atoms with Crippen LogP contribution >= 0.6 is 27.7 Å². The van der Waals surface area contributed by atoms with Gasteiger partial charge in [0.05, 0.1) is 10.2 Å². The molecule has 0 aliphatic heterocycles. The third-order valence-electron chi connectivity index (χ3n) is 5.83. The fourth-order valence-corrected chi connectivity index (χ4v) is 4.87. The van der Waals surface area contributed by atoms with Gasteiger partial charge in [0, 0.05) is 38.4 Å². The summed E-state index contributed by atoms with van der Waals surface area (Å²) in [7, 11) is 0. The van der Waals surface area contributed by atoms with Gasteiger partial charge in [0.1, 0.15) is 5.70 Å². The predicted molar refractivity (Wildman–Crippen MR) is 168 cm³/mol. The molecule has 11 heteroatoms. The molecule has 0 aliphatic rings. The molecule has 0 saturated carbocycles. The first-order valence-electron chi connectivity index (χ1n) is 12.6. The van der Waals surface area contributed by atoms with Crippen LogP contribution in [0, 0.1) is 10.1 Å². The van der Waals surface area contributed by atoms with E-state index in [1.165, 1.54) is 36.0 Å². The van der Waals surface area contributed by atoms with Crippen molar-refractivity contribution in [2.45, 2.75) is 17.1 Å². The third kappa shape index (κ3) is 8.63. The van der Waals surface area contributed by atoms with Crippen LogP contribution in [0.25, 0.3) is 6.08 Å². The summed E-state index contributed by atoms with van der Waals surface area (Å²) in [5.74, 6) is -1.23. The average Bonchev–Trinajstić information content (AvgIpc) is 2.98. The highest BCUT2D eigenvalue weighted by Crippen LogP contribution is 2.27. The zero-order valence-electron chi connectivity index (χ0n) is 22.2. The Hall–Kier alpha value is -4.74. The van der Waals surface area contributed by atoms with Gasteiger partial charge >= 0.3 is 0 Å². The molecule has 0 heterocycles. The number of nitrogens with zero attached hydrogens (tertiary/aromatic N) is 1. The van der Waals surface area contributed by atoms with Gasteiger partial charge in [-0.1, -0.05) is 52.3 Å². The zero-order chi connectivity index (χ0) is 30.1. The number of hydrogen-bond acceptors (Lipinski definition) is 6. The molecule has 0 fully saturated rings. The summed E-state index contributed by atoms with van der Waals surface area (Å²) < 4.78 is 0.879. The number of thioether (sulfide) groups is 1.